The van der Waals surface area contributed by atoms with E-state index in [0.717, 1.165) is 28.5 Å². The van der Waals surface area contributed by atoms with E-state index < -0.39 is 0 Å². The maximum absolute atomic E-state index is 13.2. The van der Waals surface area contributed by atoms with Crippen molar-refractivity contribution in [2.75, 3.05) is 5.32 Å². The Kier molecular flexibility index (Phi) is 4.82. The van der Waals surface area contributed by atoms with Crippen LogP contribution in [0.25, 0.3) is 5.95 Å². The number of aromatic nitrogens is 4. The number of aryl methyl sites for hydroxylation is 2. The fourth-order valence-electron chi connectivity index (χ4n) is 4.02. The first-order valence-corrected chi connectivity index (χ1v) is 10.4. The highest BCUT2D eigenvalue weighted by atomic mass is 35.5. The van der Waals surface area contributed by atoms with Gasteiger partial charge in [0.15, 0.2) is 11.6 Å². The molecule has 0 radical (unpaired) electrons. The summed E-state index contributed by atoms with van der Waals surface area (Å²) in [5.74, 6) is 1.68. The van der Waals surface area contributed by atoms with Crippen molar-refractivity contribution in [3.63, 3.8) is 0 Å². The number of rotatable bonds is 4. The van der Waals surface area contributed by atoms with Gasteiger partial charge >= 0.3 is 0 Å². The minimum atomic E-state index is -0.0558. The number of halogens is 1. The molecule has 7 nitrogen and oxygen atoms in total. The highest BCUT2D eigenvalue weighted by Crippen LogP contribution is 2.37. The molecular weight excluding hydrogens is 414 g/mol. The molecule has 0 fully saturated rings. The molecule has 4 aromatic rings. The summed E-state index contributed by atoms with van der Waals surface area (Å²) in [6.45, 7) is 3.83. The minimum Gasteiger partial charge on any atom is -0.469 e. The predicted octanol–water partition coefficient (Wildman–Crippen LogP) is 5.18. The van der Waals surface area contributed by atoms with Gasteiger partial charge in [0.2, 0.25) is 0 Å². The van der Waals surface area contributed by atoms with Gasteiger partial charge in [-0.1, -0.05) is 11.6 Å². The monoisotopic (exact) mass is 433 g/mol. The Morgan fingerprint density at radius 3 is 2.52 bits per heavy atom. The molecule has 0 bridgehead atoms. The number of fused-ring (bicyclic) bond motifs is 1. The van der Waals surface area contributed by atoms with Crippen molar-refractivity contribution in [2.24, 2.45) is 0 Å². The number of hydrogen-bond acceptors (Lipinski definition) is 6. The summed E-state index contributed by atoms with van der Waals surface area (Å²) in [6, 6.07) is 12.9. The minimum absolute atomic E-state index is 0.00902. The maximum Gasteiger partial charge on any atom is 0.251 e. The smallest absolute Gasteiger partial charge is 0.251 e. The summed E-state index contributed by atoms with van der Waals surface area (Å²) >= 11 is 6.00. The third-order valence-corrected chi connectivity index (χ3v) is 5.60. The topological polar surface area (TPSA) is 85.8 Å². The molecular formula is C23H20ClN5O2. The first-order chi connectivity index (χ1) is 15.0. The van der Waals surface area contributed by atoms with Crippen LogP contribution in [-0.4, -0.2) is 25.5 Å². The van der Waals surface area contributed by atoms with Crippen LogP contribution in [0.2, 0.25) is 5.02 Å². The lowest BCUT2D eigenvalue weighted by Crippen LogP contribution is -2.21. The molecule has 31 heavy (non-hydrogen) atoms. The largest absolute Gasteiger partial charge is 0.469 e. The average molecular weight is 434 g/mol. The summed E-state index contributed by atoms with van der Waals surface area (Å²) in [5, 5.41) is 8.63. The third kappa shape index (κ3) is 3.72. The number of carbonyl (C=O) groups is 1. The van der Waals surface area contributed by atoms with E-state index in [-0.39, 0.29) is 11.7 Å². The highest BCUT2D eigenvalue weighted by molar-refractivity contribution is 6.30. The van der Waals surface area contributed by atoms with Gasteiger partial charge in [-0.05, 0) is 56.3 Å². The van der Waals surface area contributed by atoms with Crippen LogP contribution in [0.4, 0.5) is 11.5 Å². The normalized spacial score (nSPS) is 15.7. The average Bonchev–Trinajstić information content (AvgIpc) is 3.38. The van der Waals surface area contributed by atoms with Crippen LogP contribution in [0.5, 0.6) is 0 Å². The molecule has 1 atom stereocenters. The molecule has 1 aliphatic rings. The van der Waals surface area contributed by atoms with E-state index in [1.165, 1.54) is 0 Å². The van der Waals surface area contributed by atoms with Gasteiger partial charge in [-0.3, -0.25) is 4.79 Å². The Hall–Kier alpha value is -3.45. The quantitative estimate of drug-likeness (QED) is 0.477. The van der Waals surface area contributed by atoms with Crippen LogP contribution in [-0.2, 0) is 6.42 Å². The molecule has 156 valence electrons. The summed E-state index contributed by atoms with van der Waals surface area (Å²) in [5.41, 5.74) is 3.81. The van der Waals surface area contributed by atoms with E-state index >= 15 is 0 Å². The number of nitrogens with one attached hydrogen (secondary N) is 1. The number of ketones is 1. The molecule has 8 heteroatoms. The standard InChI is InChI=1S/C23H20ClN5O2/c1-13-10-14(2)26-23(25-13)29-18-11-15(20-4-3-9-31-20)12-19(30)21(18)22(28-29)27-17-7-5-16(24)6-8-17/h3-10,15H,11-12H2,1-2H3,(H,27,28). The molecule has 1 unspecified atom stereocenters. The van der Waals surface area contributed by atoms with E-state index in [4.69, 9.17) is 21.1 Å². The SMILES string of the molecule is Cc1cc(C)nc(-n2nc(Nc3ccc(Cl)cc3)c3c2CC(c2ccco2)CC3=O)n1. The van der Waals surface area contributed by atoms with Crippen molar-refractivity contribution in [3.8, 4) is 5.95 Å². The van der Waals surface area contributed by atoms with Gasteiger partial charge in [0.05, 0.1) is 17.5 Å². The van der Waals surface area contributed by atoms with Crippen LogP contribution in [0.15, 0.2) is 53.1 Å². The van der Waals surface area contributed by atoms with Crippen LogP contribution in [0.3, 0.4) is 0 Å². The van der Waals surface area contributed by atoms with Crippen molar-refractivity contribution in [1.29, 1.82) is 0 Å². The van der Waals surface area contributed by atoms with Gasteiger partial charge in [0.25, 0.3) is 5.95 Å². The van der Waals surface area contributed by atoms with Gasteiger partial charge in [0.1, 0.15) is 5.76 Å². The molecule has 3 heterocycles. The summed E-state index contributed by atoms with van der Waals surface area (Å²) < 4.78 is 7.27. The molecule has 0 amide bonds. The second kappa shape index (κ2) is 7.67. The van der Waals surface area contributed by atoms with Crippen LogP contribution < -0.4 is 5.32 Å². The van der Waals surface area contributed by atoms with Crippen LogP contribution >= 0.6 is 11.6 Å². The Bertz CT molecular complexity index is 1240. The third-order valence-electron chi connectivity index (χ3n) is 5.34. The molecule has 1 N–H and O–H groups in total. The zero-order chi connectivity index (χ0) is 21.5. The lowest BCUT2D eigenvalue weighted by atomic mass is 9.85. The maximum atomic E-state index is 13.2. The number of carbonyl (C=O) groups excluding carboxylic acids is 1. The lowest BCUT2D eigenvalue weighted by molar-refractivity contribution is 0.0960. The zero-order valence-corrected chi connectivity index (χ0v) is 17.8. The molecule has 0 saturated heterocycles. The fourth-order valence-corrected chi connectivity index (χ4v) is 4.14. The van der Waals surface area contributed by atoms with Crippen LogP contribution in [0.1, 0.15) is 45.5 Å². The number of Topliss-reactive ketones (excluding diaryl/α,β-unsaturated/α-hetero) is 1. The summed E-state index contributed by atoms with van der Waals surface area (Å²) in [4.78, 5) is 22.4. The number of nitrogens with zero attached hydrogens (tertiary/aromatic N) is 4. The van der Waals surface area contributed by atoms with Gasteiger partial charge < -0.3 is 9.73 Å². The Morgan fingerprint density at radius 1 is 1.10 bits per heavy atom. The molecule has 0 saturated carbocycles. The Morgan fingerprint density at radius 2 is 1.84 bits per heavy atom. The van der Waals surface area contributed by atoms with E-state index in [1.54, 1.807) is 23.1 Å². The van der Waals surface area contributed by atoms with E-state index in [9.17, 15) is 4.79 Å². The van der Waals surface area contributed by atoms with Crippen molar-refractivity contribution in [2.45, 2.75) is 32.6 Å². The highest BCUT2D eigenvalue weighted by Gasteiger charge is 2.35. The van der Waals surface area contributed by atoms with Crippen molar-refractivity contribution < 1.29 is 9.21 Å². The molecule has 1 aliphatic carbocycles. The lowest BCUT2D eigenvalue weighted by Gasteiger charge is -2.21. The van der Waals surface area contributed by atoms with Gasteiger partial charge in [0, 0.05) is 40.9 Å². The molecule has 5 rings (SSSR count). The fraction of sp³-hybridized carbons (Fsp3) is 0.217. The number of benzene rings is 1. The number of furan rings is 1. The molecule has 3 aromatic heterocycles. The van der Waals surface area contributed by atoms with Crippen molar-refractivity contribution >= 4 is 28.9 Å². The number of anilines is 2. The first-order valence-electron chi connectivity index (χ1n) is 10.0. The molecule has 1 aromatic carbocycles. The van der Waals surface area contributed by atoms with E-state index in [1.807, 2.05) is 44.2 Å². The van der Waals surface area contributed by atoms with Gasteiger partial charge in [-0.15, -0.1) is 5.10 Å². The number of hydrogen-bond donors (Lipinski definition) is 1. The second-order valence-corrected chi connectivity index (χ2v) is 8.14. The van der Waals surface area contributed by atoms with E-state index in [2.05, 4.69) is 15.3 Å². The summed E-state index contributed by atoms with van der Waals surface area (Å²) in [6.07, 6.45) is 2.59. The van der Waals surface area contributed by atoms with Crippen molar-refractivity contribution in [3.05, 3.63) is 82.2 Å². The van der Waals surface area contributed by atoms with Crippen molar-refractivity contribution in [1.82, 2.24) is 19.7 Å². The van der Waals surface area contributed by atoms with E-state index in [0.29, 0.717) is 35.2 Å². The Balaban J connectivity index is 1.63. The Labute approximate surface area is 184 Å². The second-order valence-electron chi connectivity index (χ2n) is 7.71. The molecule has 0 aliphatic heterocycles. The zero-order valence-electron chi connectivity index (χ0n) is 17.1. The van der Waals surface area contributed by atoms with Crippen LogP contribution in [0, 0.1) is 13.8 Å². The first kappa shape index (κ1) is 19.5. The summed E-state index contributed by atoms with van der Waals surface area (Å²) in [7, 11) is 0. The van der Waals surface area contributed by atoms with Gasteiger partial charge in [-0.25, -0.2) is 14.6 Å². The van der Waals surface area contributed by atoms with Gasteiger partial charge in [-0.2, -0.15) is 0 Å². The predicted molar refractivity (Wildman–Crippen MR) is 117 cm³/mol. The molecule has 0 spiro atoms.